The normalized spacial score (nSPS) is 23.3. The van der Waals surface area contributed by atoms with Gasteiger partial charge >= 0.3 is 0 Å². The summed E-state index contributed by atoms with van der Waals surface area (Å²) in [5.41, 5.74) is 3.53. The van der Waals surface area contributed by atoms with Crippen LogP contribution in [0.2, 0.25) is 0 Å². The summed E-state index contributed by atoms with van der Waals surface area (Å²) in [4.78, 5) is 0.373. The topological polar surface area (TPSA) is 66.4 Å². The van der Waals surface area contributed by atoms with Gasteiger partial charge < -0.3 is 5.11 Å². The van der Waals surface area contributed by atoms with Gasteiger partial charge in [0, 0.05) is 6.04 Å². The average Bonchev–Trinajstić information content (AvgIpc) is 2.39. The first-order valence-electron chi connectivity index (χ1n) is 7.52. The number of benzene rings is 1. The third-order valence-corrected chi connectivity index (χ3v) is 6.36. The Morgan fingerprint density at radius 3 is 2.10 bits per heavy atom. The third-order valence-electron chi connectivity index (χ3n) is 4.60. The molecule has 5 heteroatoms. The zero-order valence-electron chi connectivity index (χ0n) is 13.2. The molecule has 1 aromatic rings. The Balaban J connectivity index is 2.40. The van der Waals surface area contributed by atoms with Crippen molar-refractivity contribution in [3.63, 3.8) is 0 Å². The molecule has 118 valence electrons. The molecule has 0 bridgehead atoms. The molecule has 2 atom stereocenters. The van der Waals surface area contributed by atoms with Crippen molar-refractivity contribution in [2.75, 3.05) is 0 Å². The Hall–Kier alpha value is -0.910. The highest BCUT2D eigenvalue weighted by Crippen LogP contribution is 2.27. The molecule has 1 aliphatic carbocycles. The van der Waals surface area contributed by atoms with Crippen LogP contribution in [0.1, 0.15) is 47.9 Å². The van der Waals surface area contributed by atoms with Crippen LogP contribution in [0.4, 0.5) is 0 Å². The Labute approximate surface area is 127 Å². The maximum absolute atomic E-state index is 12.8. The molecule has 1 aromatic carbocycles. The summed E-state index contributed by atoms with van der Waals surface area (Å²) in [6.07, 6.45) is 2.69. The maximum atomic E-state index is 12.8. The van der Waals surface area contributed by atoms with Crippen LogP contribution in [0, 0.1) is 27.7 Å². The van der Waals surface area contributed by atoms with Crippen LogP contribution in [0.3, 0.4) is 0 Å². The summed E-state index contributed by atoms with van der Waals surface area (Å²) in [5.74, 6) is 0. The summed E-state index contributed by atoms with van der Waals surface area (Å²) < 4.78 is 28.3. The van der Waals surface area contributed by atoms with Crippen molar-refractivity contribution < 1.29 is 13.5 Å². The summed E-state index contributed by atoms with van der Waals surface area (Å²) >= 11 is 0. The second-order valence-corrected chi connectivity index (χ2v) is 7.82. The van der Waals surface area contributed by atoms with Crippen LogP contribution < -0.4 is 4.72 Å². The first-order valence-corrected chi connectivity index (χ1v) is 9.00. The minimum Gasteiger partial charge on any atom is -0.391 e. The predicted octanol–water partition coefficient (Wildman–Crippen LogP) is 2.50. The van der Waals surface area contributed by atoms with Crippen LogP contribution >= 0.6 is 0 Å². The van der Waals surface area contributed by atoms with Gasteiger partial charge in [0.1, 0.15) is 0 Å². The molecule has 0 heterocycles. The second-order valence-electron chi connectivity index (χ2n) is 6.17. The van der Waals surface area contributed by atoms with E-state index in [0.717, 1.165) is 35.1 Å². The monoisotopic (exact) mass is 311 g/mol. The van der Waals surface area contributed by atoms with Gasteiger partial charge in [-0.1, -0.05) is 18.9 Å². The molecule has 0 radical (unpaired) electrons. The van der Waals surface area contributed by atoms with E-state index in [1.165, 1.54) is 0 Å². The largest absolute Gasteiger partial charge is 0.391 e. The van der Waals surface area contributed by atoms with Gasteiger partial charge in [-0.15, -0.1) is 0 Å². The Kier molecular flexibility index (Phi) is 4.76. The number of rotatable bonds is 3. The van der Waals surface area contributed by atoms with E-state index in [0.29, 0.717) is 17.7 Å². The summed E-state index contributed by atoms with van der Waals surface area (Å²) in [5, 5.41) is 10.0. The fourth-order valence-corrected chi connectivity index (χ4v) is 5.01. The van der Waals surface area contributed by atoms with E-state index in [9.17, 15) is 13.5 Å². The first-order chi connectivity index (χ1) is 9.74. The van der Waals surface area contributed by atoms with Crippen molar-refractivity contribution in [3.05, 3.63) is 28.3 Å². The first kappa shape index (κ1) is 16.5. The Morgan fingerprint density at radius 2 is 1.57 bits per heavy atom. The minimum absolute atomic E-state index is 0.372. The number of hydrogen-bond acceptors (Lipinski definition) is 3. The van der Waals surface area contributed by atoms with E-state index < -0.39 is 16.1 Å². The molecular weight excluding hydrogens is 286 g/mol. The van der Waals surface area contributed by atoms with Crippen LogP contribution in [0.5, 0.6) is 0 Å². The van der Waals surface area contributed by atoms with E-state index in [2.05, 4.69) is 4.72 Å². The van der Waals surface area contributed by atoms with E-state index in [-0.39, 0.29) is 6.04 Å². The van der Waals surface area contributed by atoms with Gasteiger partial charge in [0.05, 0.1) is 11.0 Å². The van der Waals surface area contributed by atoms with E-state index in [1.54, 1.807) is 0 Å². The van der Waals surface area contributed by atoms with Gasteiger partial charge in [0.2, 0.25) is 10.0 Å². The highest BCUT2D eigenvalue weighted by Gasteiger charge is 2.30. The standard InChI is InChI=1S/C16H25NO3S/c1-10-9-11(2)13(4)16(12(10)3)21(19,20)17-14-7-5-6-8-15(14)18/h9,14-15,17-18H,5-8H2,1-4H3/t14-,15-/m0/s1. The molecule has 2 rings (SSSR count). The van der Waals surface area contributed by atoms with Gasteiger partial charge in [-0.05, 0) is 62.8 Å². The zero-order valence-corrected chi connectivity index (χ0v) is 14.0. The van der Waals surface area contributed by atoms with Crippen molar-refractivity contribution in [2.24, 2.45) is 0 Å². The number of aliphatic hydroxyl groups excluding tert-OH is 1. The van der Waals surface area contributed by atoms with Crippen molar-refractivity contribution in [2.45, 2.75) is 70.4 Å². The highest BCUT2D eigenvalue weighted by molar-refractivity contribution is 7.89. The third kappa shape index (κ3) is 3.30. The Morgan fingerprint density at radius 1 is 1.05 bits per heavy atom. The van der Waals surface area contributed by atoms with Crippen LogP contribution in [0.25, 0.3) is 0 Å². The molecular formula is C16H25NO3S. The van der Waals surface area contributed by atoms with Crippen molar-refractivity contribution in [1.82, 2.24) is 4.72 Å². The lowest BCUT2D eigenvalue weighted by atomic mass is 9.93. The number of aliphatic hydroxyl groups is 1. The van der Waals surface area contributed by atoms with E-state index in [4.69, 9.17) is 0 Å². The lowest BCUT2D eigenvalue weighted by Gasteiger charge is -2.29. The summed E-state index contributed by atoms with van der Waals surface area (Å²) in [6, 6.07) is 1.64. The van der Waals surface area contributed by atoms with E-state index >= 15 is 0 Å². The van der Waals surface area contributed by atoms with Gasteiger partial charge in [0.15, 0.2) is 0 Å². The van der Waals surface area contributed by atoms with Gasteiger partial charge in [-0.3, -0.25) is 0 Å². The Bertz CT molecular complexity index is 611. The lowest BCUT2D eigenvalue weighted by Crippen LogP contribution is -2.45. The molecule has 0 amide bonds. The fraction of sp³-hybridized carbons (Fsp3) is 0.625. The molecule has 0 spiro atoms. The number of nitrogens with one attached hydrogen (secondary N) is 1. The lowest BCUT2D eigenvalue weighted by molar-refractivity contribution is 0.101. The molecule has 2 N–H and O–H groups in total. The van der Waals surface area contributed by atoms with Crippen molar-refractivity contribution in [3.8, 4) is 0 Å². The second kappa shape index (κ2) is 6.07. The van der Waals surface area contributed by atoms with Gasteiger partial charge in [-0.25, -0.2) is 13.1 Å². The average molecular weight is 311 g/mol. The van der Waals surface area contributed by atoms with Crippen LogP contribution in [0.15, 0.2) is 11.0 Å². The minimum atomic E-state index is -3.61. The number of sulfonamides is 1. The van der Waals surface area contributed by atoms with Crippen molar-refractivity contribution in [1.29, 1.82) is 0 Å². The molecule has 0 unspecified atom stereocenters. The summed E-state index contributed by atoms with van der Waals surface area (Å²) in [7, 11) is -3.61. The van der Waals surface area contributed by atoms with Crippen molar-refractivity contribution >= 4 is 10.0 Å². The number of aryl methyl sites for hydroxylation is 2. The number of hydrogen-bond donors (Lipinski definition) is 2. The van der Waals surface area contributed by atoms with Gasteiger partial charge in [0.25, 0.3) is 0 Å². The van der Waals surface area contributed by atoms with E-state index in [1.807, 2.05) is 33.8 Å². The SMILES string of the molecule is Cc1cc(C)c(C)c(S(=O)(=O)N[C@H]2CCCC[C@@H]2O)c1C. The fourth-order valence-electron chi connectivity index (χ4n) is 3.09. The zero-order chi connectivity index (χ0) is 15.8. The molecule has 0 saturated heterocycles. The van der Waals surface area contributed by atoms with Gasteiger partial charge in [-0.2, -0.15) is 0 Å². The van der Waals surface area contributed by atoms with Crippen LogP contribution in [-0.4, -0.2) is 25.7 Å². The molecule has 1 fully saturated rings. The maximum Gasteiger partial charge on any atom is 0.241 e. The molecule has 1 saturated carbocycles. The summed E-state index contributed by atoms with van der Waals surface area (Å²) in [6.45, 7) is 7.54. The molecule has 1 aliphatic rings. The molecule has 0 aliphatic heterocycles. The highest BCUT2D eigenvalue weighted by atomic mass is 32.2. The molecule has 0 aromatic heterocycles. The molecule has 4 nitrogen and oxygen atoms in total. The smallest absolute Gasteiger partial charge is 0.241 e. The van der Waals surface area contributed by atoms with Crippen LogP contribution in [-0.2, 0) is 10.0 Å². The quantitative estimate of drug-likeness (QED) is 0.901. The predicted molar refractivity (Wildman–Crippen MR) is 84.0 cm³/mol. The molecule has 21 heavy (non-hydrogen) atoms.